The van der Waals surface area contributed by atoms with Crippen LogP contribution in [0.3, 0.4) is 0 Å². The molecule has 0 unspecified atom stereocenters. The molecule has 3 rings (SSSR count). The first-order valence-corrected chi connectivity index (χ1v) is 7.69. The van der Waals surface area contributed by atoms with Gasteiger partial charge < -0.3 is 9.84 Å². The first-order chi connectivity index (χ1) is 11.5. The molecule has 2 heterocycles. The summed E-state index contributed by atoms with van der Waals surface area (Å²) in [6.45, 7) is 3.53. The number of halogens is 1. The molecule has 8 heteroatoms. The topological polar surface area (TPSA) is 90.0 Å². The van der Waals surface area contributed by atoms with E-state index in [1.54, 1.807) is 19.9 Å². The molecule has 0 radical (unpaired) electrons. The number of carbonyl (C=O) groups excluding carboxylic acids is 1. The minimum absolute atomic E-state index is 0.180. The minimum atomic E-state index is -0.458. The fourth-order valence-corrected chi connectivity index (χ4v) is 2.68. The Morgan fingerprint density at radius 2 is 2.08 bits per heavy atom. The second-order valence-corrected chi connectivity index (χ2v) is 5.79. The Bertz CT molecular complexity index is 977. The largest absolute Gasteiger partial charge is 0.360 e. The summed E-state index contributed by atoms with van der Waals surface area (Å²) in [5, 5.41) is 11.8. The molecule has 0 spiro atoms. The molecule has 0 bridgehead atoms. The van der Waals surface area contributed by atoms with Gasteiger partial charge in [-0.05, 0) is 25.5 Å². The zero-order chi connectivity index (χ0) is 17.3. The third-order valence-electron chi connectivity index (χ3n) is 3.66. The number of aromatic nitrogens is 3. The number of benzene rings is 1. The molecule has 0 aliphatic rings. The van der Waals surface area contributed by atoms with Crippen LogP contribution in [0.4, 0.5) is 0 Å². The lowest BCUT2D eigenvalue weighted by Gasteiger charge is -2.08. The first-order valence-electron chi connectivity index (χ1n) is 7.31. The van der Waals surface area contributed by atoms with Crippen molar-refractivity contribution >= 4 is 28.4 Å². The van der Waals surface area contributed by atoms with Crippen molar-refractivity contribution in [1.29, 1.82) is 0 Å². The molecule has 3 aromatic rings. The average Bonchev–Trinajstić information content (AvgIpc) is 2.94. The van der Waals surface area contributed by atoms with Gasteiger partial charge in [0.25, 0.3) is 5.56 Å². The van der Waals surface area contributed by atoms with Crippen LogP contribution < -0.4 is 10.9 Å². The van der Waals surface area contributed by atoms with E-state index in [9.17, 15) is 9.59 Å². The number of nitrogens with one attached hydrogen (secondary N) is 1. The molecule has 0 saturated carbocycles. The van der Waals surface area contributed by atoms with Gasteiger partial charge in [-0.3, -0.25) is 9.59 Å². The molecule has 0 atom stereocenters. The molecule has 0 aliphatic carbocycles. The van der Waals surface area contributed by atoms with Crippen LogP contribution in [0.5, 0.6) is 0 Å². The van der Waals surface area contributed by atoms with E-state index in [4.69, 9.17) is 16.1 Å². The fourth-order valence-electron chi connectivity index (χ4n) is 2.48. The van der Waals surface area contributed by atoms with Crippen LogP contribution in [-0.4, -0.2) is 20.8 Å². The number of fused-ring (bicyclic) bond motifs is 1. The van der Waals surface area contributed by atoms with Gasteiger partial charge in [-0.2, -0.15) is 5.10 Å². The molecule has 1 amide bonds. The average molecular weight is 347 g/mol. The Morgan fingerprint density at radius 3 is 2.83 bits per heavy atom. The third kappa shape index (κ3) is 3.03. The molecule has 0 fully saturated rings. The van der Waals surface area contributed by atoms with Gasteiger partial charge in [0.05, 0.1) is 11.1 Å². The van der Waals surface area contributed by atoms with E-state index in [0.717, 1.165) is 10.2 Å². The lowest BCUT2D eigenvalue weighted by molar-refractivity contribution is -0.122. The van der Waals surface area contributed by atoms with Gasteiger partial charge in [-0.15, -0.1) is 0 Å². The number of nitrogens with zero attached hydrogens (tertiary/aromatic N) is 3. The zero-order valence-corrected chi connectivity index (χ0v) is 13.9. The van der Waals surface area contributed by atoms with Crippen molar-refractivity contribution < 1.29 is 9.32 Å². The van der Waals surface area contributed by atoms with Crippen LogP contribution in [0.2, 0.25) is 5.02 Å². The molecule has 124 valence electrons. The summed E-state index contributed by atoms with van der Waals surface area (Å²) in [6.07, 6.45) is 0. The van der Waals surface area contributed by atoms with Crippen molar-refractivity contribution in [3.8, 4) is 0 Å². The summed E-state index contributed by atoms with van der Waals surface area (Å²) in [5.41, 5.74) is 1.10. The molecule has 7 nitrogen and oxygen atoms in total. The Kier molecular flexibility index (Phi) is 4.35. The van der Waals surface area contributed by atoms with Crippen molar-refractivity contribution in [2.75, 3.05) is 0 Å². The van der Waals surface area contributed by atoms with E-state index < -0.39 is 5.56 Å². The third-order valence-corrected chi connectivity index (χ3v) is 4.03. The van der Waals surface area contributed by atoms with Crippen molar-refractivity contribution in [3.05, 3.63) is 56.7 Å². The van der Waals surface area contributed by atoms with E-state index in [1.165, 1.54) is 0 Å². The van der Waals surface area contributed by atoms with Crippen LogP contribution >= 0.6 is 11.6 Å². The van der Waals surface area contributed by atoms with Gasteiger partial charge in [0.15, 0.2) is 5.52 Å². The van der Waals surface area contributed by atoms with Gasteiger partial charge >= 0.3 is 0 Å². The fraction of sp³-hybridized carbons (Fsp3) is 0.250. The lowest BCUT2D eigenvalue weighted by Crippen LogP contribution is -2.34. The quantitative estimate of drug-likeness (QED) is 0.780. The van der Waals surface area contributed by atoms with Gasteiger partial charge in [0.2, 0.25) is 5.91 Å². The SMILES string of the molecule is Cc1nn(CC(=O)NCc2ccccc2Cl)c(=O)c2noc(C)c12. The Labute approximate surface area is 142 Å². The Balaban J connectivity index is 1.77. The highest BCUT2D eigenvalue weighted by atomic mass is 35.5. The maximum Gasteiger partial charge on any atom is 0.297 e. The second kappa shape index (κ2) is 6.45. The summed E-state index contributed by atoms with van der Waals surface area (Å²) in [6, 6.07) is 7.22. The summed E-state index contributed by atoms with van der Waals surface area (Å²) in [4.78, 5) is 24.4. The van der Waals surface area contributed by atoms with Crippen LogP contribution in [0.15, 0.2) is 33.6 Å². The van der Waals surface area contributed by atoms with Crippen LogP contribution in [0.25, 0.3) is 10.9 Å². The summed E-state index contributed by atoms with van der Waals surface area (Å²) in [7, 11) is 0. The molecule has 1 N–H and O–H groups in total. The summed E-state index contributed by atoms with van der Waals surface area (Å²) < 4.78 is 6.12. The van der Waals surface area contributed by atoms with Crippen LogP contribution in [0.1, 0.15) is 17.0 Å². The molecule has 24 heavy (non-hydrogen) atoms. The zero-order valence-electron chi connectivity index (χ0n) is 13.2. The molecule has 0 aliphatic heterocycles. The molecular formula is C16H15ClN4O3. The van der Waals surface area contributed by atoms with E-state index in [2.05, 4.69) is 15.6 Å². The highest BCUT2D eigenvalue weighted by Gasteiger charge is 2.16. The number of hydrogen-bond acceptors (Lipinski definition) is 5. The van der Waals surface area contributed by atoms with Crippen LogP contribution in [0, 0.1) is 13.8 Å². The molecule has 1 aromatic carbocycles. The number of hydrogen-bond donors (Lipinski definition) is 1. The maximum atomic E-state index is 12.3. The maximum absolute atomic E-state index is 12.3. The minimum Gasteiger partial charge on any atom is -0.360 e. The number of amides is 1. The highest BCUT2D eigenvalue weighted by molar-refractivity contribution is 6.31. The van der Waals surface area contributed by atoms with Gasteiger partial charge in [-0.25, -0.2) is 4.68 Å². The summed E-state index contributed by atoms with van der Waals surface area (Å²) in [5.74, 6) is 0.186. The van der Waals surface area contributed by atoms with E-state index in [-0.39, 0.29) is 24.5 Å². The van der Waals surface area contributed by atoms with Crippen molar-refractivity contribution in [2.24, 2.45) is 0 Å². The highest BCUT2D eigenvalue weighted by Crippen LogP contribution is 2.16. The Hall–Kier alpha value is -2.67. The second-order valence-electron chi connectivity index (χ2n) is 5.38. The molecule has 0 saturated heterocycles. The molecule has 2 aromatic heterocycles. The monoisotopic (exact) mass is 346 g/mol. The van der Waals surface area contributed by atoms with Crippen molar-refractivity contribution in [1.82, 2.24) is 20.3 Å². The first kappa shape index (κ1) is 16.2. The normalized spacial score (nSPS) is 11.0. The van der Waals surface area contributed by atoms with Crippen LogP contribution in [-0.2, 0) is 17.9 Å². The van der Waals surface area contributed by atoms with Crippen molar-refractivity contribution in [2.45, 2.75) is 26.9 Å². The number of rotatable bonds is 4. The smallest absolute Gasteiger partial charge is 0.297 e. The van der Waals surface area contributed by atoms with E-state index in [0.29, 0.717) is 21.9 Å². The van der Waals surface area contributed by atoms with Gasteiger partial charge in [0, 0.05) is 11.6 Å². The van der Waals surface area contributed by atoms with Gasteiger partial charge in [0.1, 0.15) is 12.3 Å². The predicted octanol–water partition coefficient (Wildman–Crippen LogP) is 1.97. The summed E-state index contributed by atoms with van der Waals surface area (Å²) >= 11 is 6.04. The predicted molar refractivity (Wildman–Crippen MR) is 88.8 cm³/mol. The number of carbonyl (C=O) groups is 1. The van der Waals surface area contributed by atoms with Crippen molar-refractivity contribution in [3.63, 3.8) is 0 Å². The number of aryl methyl sites for hydroxylation is 2. The van der Waals surface area contributed by atoms with E-state index >= 15 is 0 Å². The standard InChI is InChI=1S/C16H15ClN4O3/c1-9-14-10(2)24-20-15(14)16(23)21(19-9)8-13(22)18-7-11-5-3-4-6-12(11)17/h3-6H,7-8H2,1-2H3,(H,18,22). The van der Waals surface area contributed by atoms with Gasteiger partial charge in [-0.1, -0.05) is 35.0 Å². The Morgan fingerprint density at radius 1 is 1.33 bits per heavy atom. The van der Waals surface area contributed by atoms with E-state index in [1.807, 2.05) is 18.2 Å². The molecular weight excluding hydrogens is 332 g/mol. The lowest BCUT2D eigenvalue weighted by atomic mass is 10.2.